The minimum Gasteiger partial charge on any atom is -0.490 e. The molecule has 2 aromatic carbocycles. The van der Waals surface area contributed by atoms with E-state index in [1.807, 2.05) is 30.3 Å². The van der Waals surface area contributed by atoms with Crippen molar-refractivity contribution in [2.45, 2.75) is 31.9 Å². The van der Waals surface area contributed by atoms with Gasteiger partial charge in [-0.25, -0.2) is 4.79 Å². The van der Waals surface area contributed by atoms with Crippen LogP contribution in [0.15, 0.2) is 48.7 Å². The van der Waals surface area contributed by atoms with Gasteiger partial charge in [-0.05, 0) is 48.4 Å². The van der Waals surface area contributed by atoms with E-state index >= 15 is 0 Å². The normalized spacial score (nSPS) is 12.9. The number of aliphatic carboxylic acids is 2. The third-order valence-electron chi connectivity index (χ3n) is 5.10. The molecule has 1 heterocycles. The lowest BCUT2D eigenvalue weighted by Gasteiger charge is -2.13. The molecule has 2 atom stereocenters. The molecule has 33 heavy (non-hydrogen) atoms. The quantitative estimate of drug-likeness (QED) is 0.287. The fraction of sp³-hybridized carbons (Fsp3) is 0.333. The van der Waals surface area contributed by atoms with E-state index in [9.17, 15) is 14.7 Å². The van der Waals surface area contributed by atoms with Crippen molar-refractivity contribution in [1.82, 2.24) is 4.98 Å². The second-order valence-corrected chi connectivity index (χ2v) is 7.50. The minimum atomic E-state index is -1.04. The lowest BCUT2D eigenvalue weighted by atomic mass is 10.1. The maximum absolute atomic E-state index is 11.2. The van der Waals surface area contributed by atoms with Gasteiger partial charge in [0.2, 0.25) is 0 Å². The van der Waals surface area contributed by atoms with Gasteiger partial charge in [0.15, 0.2) is 6.10 Å². The summed E-state index contributed by atoms with van der Waals surface area (Å²) in [6.07, 6.45) is 1.40. The first kappa shape index (κ1) is 24.1. The van der Waals surface area contributed by atoms with Gasteiger partial charge in [-0.2, -0.15) is 0 Å². The SMILES string of the molecule is CCOC(Cc1ccc(OCCOc2ccc3[nH]cc(C[C@H](N)C(=O)O)c3c2)cc1)C(=O)O. The average molecular weight is 456 g/mol. The molecule has 176 valence electrons. The highest BCUT2D eigenvalue weighted by atomic mass is 16.5. The van der Waals surface area contributed by atoms with Crippen molar-refractivity contribution < 1.29 is 34.0 Å². The molecule has 0 amide bonds. The standard InChI is InChI=1S/C24H28N2O7/c1-2-31-22(24(29)30)11-15-3-5-17(6-4-15)32-9-10-33-18-7-8-21-19(13-18)16(14-26-21)12-20(25)23(27)28/h3-8,13-14,20,22,26H,2,9-12,25H2,1H3,(H,27,28)(H,29,30)/t20-,22?/m0/s1. The number of hydrogen-bond donors (Lipinski definition) is 4. The Morgan fingerprint density at radius 3 is 2.27 bits per heavy atom. The molecule has 0 fully saturated rings. The summed E-state index contributed by atoms with van der Waals surface area (Å²) in [6, 6.07) is 11.8. The molecule has 0 aliphatic heterocycles. The molecule has 5 N–H and O–H groups in total. The van der Waals surface area contributed by atoms with Crippen LogP contribution in [0, 0.1) is 0 Å². The fourth-order valence-electron chi connectivity index (χ4n) is 3.41. The van der Waals surface area contributed by atoms with Crippen molar-refractivity contribution in [2.24, 2.45) is 5.73 Å². The number of carbonyl (C=O) groups is 2. The number of hydrogen-bond acceptors (Lipinski definition) is 6. The number of ether oxygens (including phenoxy) is 3. The number of carboxylic acid groups (broad SMARTS) is 2. The van der Waals surface area contributed by atoms with Crippen molar-refractivity contribution in [3.8, 4) is 11.5 Å². The second-order valence-electron chi connectivity index (χ2n) is 7.50. The number of carboxylic acids is 2. The van der Waals surface area contributed by atoms with Crippen LogP contribution in [-0.2, 0) is 27.2 Å². The van der Waals surface area contributed by atoms with Crippen LogP contribution in [-0.4, -0.2) is 59.1 Å². The molecule has 0 spiro atoms. The van der Waals surface area contributed by atoms with Gasteiger partial charge in [0.05, 0.1) is 0 Å². The summed E-state index contributed by atoms with van der Waals surface area (Å²) in [7, 11) is 0. The van der Waals surface area contributed by atoms with E-state index in [0.29, 0.717) is 31.3 Å². The van der Waals surface area contributed by atoms with Crippen LogP contribution in [0.5, 0.6) is 11.5 Å². The Balaban J connectivity index is 1.50. The number of nitrogens with two attached hydrogens (primary N) is 1. The number of benzene rings is 2. The molecule has 1 aromatic heterocycles. The Kier molecular flexibility index (Phi) is 8.28. The highest BCUT2D eigenvalue weighted by Crippen LogP contribution is 2.25. The van der Waals surface area contributed by atoms with Crippen LogP contribution in [0.3, 0.4) is 0 Å². The van der Waals surface area contributed by atoms with E-state index < -0.39 is 24.1 Å². The third kappa shape index (κ3) is 6.71. The molecule has 0 bridgehead atoms. The molecule has 0 radical (unpaired) electrons. The van der Waals surface area contributed by atoms with E-state index in [1.54, 1.807) is 25.3 Å². The van der Waals surface area contributed by atoms with Crippen LogP contribution >= 0.6 is 0 Å². The molecular formula is C24H28N2O7. The summed E-state index contributed by atoms with van der Waals surface area (Å²) in [5.74, 6) is -0.736. The van der Waals surface area contributed by atoms with Gasteiger partial charge in [0.25, 0.3) is 0 Å². The third-order valence-corrected chi connectivity index (χ3v) is 5.10. The van der Waals surface area contributed by atoms with Crippen molar-refractivity contribution in [3.63, 3.8) is 0 Å². The molecule has 9 nitrogen and oxygen atoms in total. The fourth-order valence-corrected chi connectivity index (χ4v) is 3.41. The summed E-state index contributed by atoms with van der Waals surface area (Å²) in [4.78, 5) is 25.4. The molecular weight excluding hydrogens is 428 g/mol. The van der Waals surface area contributed by atoms with Gasteiger partial charge >= 0.3 is 11.9 Å². The second kappa shape index (κ2) is 11.3. The van der Waals surface area contributed by atoms with Gasteiger partial charge in [-0.1, -0.05) is 12.1 Å². The predicted octanol–water partition coefficient (Wildman–Crippen LogP) is 2.61. The van der Waals surface area contributed by atoms with Crippen LogP contribution in [0.1, 0.15) is 18.1 Å². The lowest BCUT2D eigenvalue weighted by molar-refractivity contribution is -0.150. The molecule has 0 saturated heterocycles. The largest absolute Gasteiger partial charge is 0.490 e. The van der Waals surface area contributed by atoms with Crippen molar-refractivity contribution in [3.05, 3.63) is 59.8 Å². The van der Waals surface area contributed by atoms with E-state index in [1.165, 1.54) is 0 Å². The van der Waals surface area contributed by atoms with Crippen LogP contribution in [0.2, 0.25) is 0 Å². The highest BCUT2D eigenvalue weighted by molar-refractivity contribution is 5.85. The summed E-state index contributed by atoms with van der Waals surface area (Å²) in [6.45, 7) is 2.73. The number of rotatable bonds is 13. The first-order valence-corrected chi connectivity index (χ1v) is 10.6. The van der Waals surface area contributed by atoms with E-state index in [2.05, 4.69) is 4.98 Å². The van der Waals surface area contributed by atoms with Crippen LogP contribution in [0.25, 0.3) is 10.9 Å². The highest BCUT2D eigenvalue weighted by Gasteiger charge is 2.18. The Morgan fingerprint density at radius 1 is 0.970 bits per heavy atom. The van der Waals surface area contributed by atoms with Gasteiger partial charge in [0, 0.05) is 36.5 Å². The Hall–Kier alpha value is -3.56. The summed E-state index contributed by atoms with van der Waals surface area (Å²) in [5.41, 5.74) is 8.19. The Morgan fingerprint density at radius 2 is 1.64 bits per heavy atom. The number of fused-ring (bicyclic) bond motifs is 1. The Labute approximate surface area is 191 Å². The van der Waals surface area contributed by atoms with Crippen LogP contribution < -0.4 is 15.2 Å². The first-order valence-electron chi connectivity index (χ1n) is 10.6. The maximum Gasteiger partial charge on any atom is 0.333 e. The molecule has 0 aliphatic rings. The molecule has 3 rings (SSSR count). The lowest BCUT2D eigenvalue weighted by Crippen LogP contribution is -2.32. The maximum atomic E-state index is 11.2. The summed E-state index contributed by atoms with van der Waals surface area (Å²) in [5, 5.41) is 19.1. The van der Waals surface area contributed by atoms with Crippen molar-refractivity contribution >= 4 is 22.8 Å². The predicted molar refractivity (Wildman–Crippen MR) is 122 cm³/mol. The number of aromatic nitrogens is 1. The van der Waals surface area contributed by atoms with E-state index in [-0.39, 0.29) is 12.8 Å². The molecule has 0 saturated carbocycles. The molecule has 9 heteroatoms. The topological polar surface area (TPSA) is 144 Å². The van der Waals surface area contributed by atoms with Gasteiger partial charge in [-0.15, -0.1) is 0 Å². The minimum absolute atomic E-state index is 0.218. The zero-order valence-electron chi connectivity index (χ0n) is 18.3. The molecule has 3 aromatic rings. The molecule has 1 unspecified atom stereocenters. The van der Waals surface area contributed by atoms with Gasteiger partial charge in [0.1, 0.15) is 30.8 Å². The first-order chi connectivity index (χ1) is 15.9. The van der Waals surface area contributed by atoms with Gasteiger partial charge in [-0.3, -0.25) is 4.79 Å². The van der Waals surface area contributed by atoms with Crippen LogP contribution in [0.4, 0.5) is 0 Å². The smallest absolute Gasteiger partial charge is 0.333 e. The van der Waals surface area contributed by atoms with Gasteiger partial charge < -0.3 is 35.1 Å². The van der Waals surface area contributed by atoms with Crippen molar-refractivity contribution in [2.75, 3.05) is 19.8 Å². The van der Waals surface area contributed by atoms with E-state index in [4.69, 9.17) is 25.1 Å². The average Bonchev–Trinajstić information content (AvgIpc) is 3.19. The zero-order valence-corrected chi connectivity index (χ0v) is 18.3. The van der Waals surface area contributed by atoms with Crippen molar-refractivity contribution in [1.29, 1.82) is 0 Å². The summed E-state index contributed by atoms with van der Waals surface area (Å²) < 4.78 is 16.7. The number of nitrogens with one attached hydrogen (secondary N) is 1. The Bertz CT molecular complexity index is 1080. The summed E-state index contributed by atoms with van der Waals surface area (Å²) >= 11 is 0. The number of H-pyrrole nitrogens is 1. The number of aromatic amines is 1. The zero-order chi connectivity index (χ0) is 23.8. The van der Waals surface area contributed by atoms with E-state index in [0.717, 1.165) is 22.0 Å². The molecule has 0 aliphatic carbocycles. The monoisotopic (exact) mass is 456 g/mol.